The molecule has 0 N–H and O–H groups in total. The van der Waals surface area contributed by atoms with Crippen LogP contribution in [0.4, 0.5) is 11.6 Å². The number of aromatic nitrogens is 2. The zero-order chi connectivity index (χ0) is 16.3. The maximum Gasteiger partial charge on any atom is 0.211 e. The van der Waals surface area contributed by atoms with Gasteiger partial charge in [-0.05, 0) is 25.0 Å². The fourth-order valence-corrected chi connectivity index (χ4v) is 4.03. The van der Waals surface area contributed by atoms with Gasteiger partial charge in [0, 0.05) is 39.3 Å². The third-order valence-electron chi connectivity index (χ3n) is 4.60. The predicted octanol–water partition coefficient (Wildman–Crippen LogP) is 0.939. The van der Waals surface area contributed by atoms with Gasteiger partial charge in [0.25, 0.3) is 0 Å². The highest BCUT2D eigenvalue weighted by Gasteiger charge is 2.24. The molecule has 3 heterocycles. The first kappa shape index (κ1) is 16.4. The molecule has 2 aliphatic heterocycles. The van der Waals surface area contributed by atoms with Gasteiger partial charge < -0.3 is 9.80 Å². The van der Waals surface area contributed by atoms with E-state index in [1.54, 1.807) is 0 Å². The topological polar surface area (TPSA) is 69.6 Å². The molecule has 2 saturated heterocycles. The highest BCUT2D eigenvalue weighted by atomic mass is 32.2. The summed E-state index contributed by atoms with van der Waals surface area (Å²) in [6, 6.07) is 4.04. The van der Waals surface area contributed by atoms with Crippen LogP contribution < -0.4 is 9.80 Å². The standard InChI is InChI=1S/C15H25N5O2S/c1-23(21,22)20-12-10-19(11-13-20)15-7-6-14(16-17-15)18-8-4-2-3-5-9-18/h6-7H,2-5,8-13H2,1H3. The lowest BCUT2D eigenvalue weighted by Crippen LogP contribution is -2.48. The summed E-state index contributed by atoms with van der Waals surface area (Å²) in [4.78, 5) is 4.41. The number of hydrogen-bond acceptors (Lipinski definition) is 6. The summed E-state index contributed by atoms with van der Waals surface area (Å²) in [5.74, 6) is 1.78. The van der Waals surface area contributed by atoms with Crippen LogP contribution in [-0.2, 0) is 10.0 Å². The average molecular weight is 339 g/mol. The van der Waals surface area contributed by atoms with Crippen molar-refractivity contribution in [3.63, 3.8) is 0 Å². The second kappa shape index (κ2) is 7.00. The van der Waals surface area contributed by atoms with Crippen molar-refractivity contribution < 1.29 is 8.42 Å². The van der Waals surface area contributed by atoms with Crippen molar-refractivity contribution in [2.75, 3.05) is 55.3 Å². The molecule has 3 rings (SSSR count). The van der Waals surface area contributed by atoms with E-state index < -0.39 is 10.0 Å². The Bertz CT molecular complexity index is 603. The van der Waals surface area contributed by atoms with Crippen molar-refractivity contribution in [3.8, 4) is 0 Å². The molecule has 0 spiro atoms. The molecule has 1 aromatic rings. The van der Waals surface area contributed by atoms with Crippen LogP contribution in [0, 0.1) is 0 Å². The summed E-state index contributed by atoms with van der Waals surface area (Å²) < 4.78 is 24.6. The van der Waals surface area contributed by atoms with Gasteiger partial charge in [-0.15, -0.1) is 10.2 Å². The van der Waals surface area contributed by atoms with Crippen LogP contribution in [0.25, 0.3) is 0 Å². The molecule has 0 bridgehead atoms. The molecule has 0 unspecified atom stereocenters. The molecule has 0 atom stereocenters. The minimum absolute atomic E-state index is 0.508. The largest absolute Gasteiger partial charge is 0.355 e. The van der Waals surface area contributed by atoms with Crippen LogP contribution in [0.15, 0.2) is 12.1 Å². The van der Waals surface area contributed by atoms with E-state index >= 15 is 0 Å². The molecule has 0 aliphatic carbocycles. The molecule has 0 saturated carbocycles. The molecular formula is C15H25N5O2S. The highest BCUT2D eigenvalue weighted by molar-refractivity contribution is 7.88. The van der Waals surface area contributed by atoms with Crippen LogP contribution >= 0.6 is 0 Å². The fraction of sp³-hybridized carbons (Fsp3) is 0.733. The maximum atomic E-state index is 11.6. The number of sulfonamides is 1. The first-order valence-corrected chi connectivity index (χ1v) is 10.2. The van der Waals surface area contributed by atoms with E-state index in [4.69, 9.17) is 0 Å². The first-order valence-electron chi connectivity index (χ1n) is 8.33. The van der Waals surface area contributed by atoms with E-state index in [1.165, 1.54) is 36.2 Å². The normalized spacial score (nSPS) is 21.3. The SMILES string of the molecule is CS(=O)(=O)N1CCN(c2ccc(N3CCCCCC3)nn2)CC1. The Morgan fingerprint density at radius 1 is 0.783 bits per heavy atom. The molecule has 128 valence electrons. The van der Waals surface area contributed by atoms with Gasteiger partial charge in [-0.2, -0.15) is 4.31 Å². The molecule has 0 radical (unpaired) electrons. The molecule has 23 heavy (non-hydrogen) atoms. The summed E-state index contributed by atoms with van der Waals surface area (Å²) in [7, 11) is -3.09. The van der Waals surface area contributed by atoms with E-state index in [1.807, 2.05) is 12.1 Å². The Kier molecular flexibility index (Phi) is 5.01. The summed E-state index contributed by atoms with van der Waals surface area (Å²) in [5, 5.41) is 8.75. The number of anilines is 2. The Hall–Kier alpha value is -1.41. The average Bonchev–Trinajstić information content (AvgIpc) is 2.84. The van der Waals surface area contributed by atoms with Gasteiger partial charge in [0.15, 0.2) is 11.6 Å². The van der Waals surface area contributed by atoms with Gasteiger partial charge in [0.05, 0.1) is 6.26 Å². The number of nitrogens with zero attached hydrogens (tertiary/aromatic N) is 5. The Labute approximate surface area is 138 Å². The molecule has 2 aliphatic rings. The second-order valence-corrected chi connectivity index (χ2v) is 8.28. The van der Waals surface area contributed by atoms with Crippen LogP contribution in [0.1, 0.15) is 25.7 Å². The van der Waals surface area contributed by atoms with Crippen LogP contribution in [0.2, 0.25) is 0 Å². The molecule has 8 heteroatoms. The monoisotopic (exact) mass is 339 g/mol. The molecular weight excluding hydrogens is 314 g/mol. The van der Waals surface area contributed by atoms with Crippen molar-refractivity contribution in [3.05, 3.63) is 12.1 Å². The number of rotatable bonds is 3. The predicted molar refractivity (Wildman–Crippen MR) is 91.3 cm³/mol. The lowest BCUT2D eigenvalue weighted by molar-refractivity contribution is 0.386. The van der Waals surface area contributed by atoms with Gasteiger partial charge in [0.1, 0.15) is 0 Å². The minimum atomic E-state index is -3.09. The summed E-state index contributed by atoms with van der Waals surface area (Å²) in [6.45, 7) is 4.44. The zero-order valence-electron chi connectivity index (χ0n) is 13.7. The third-order valence-corrected chi connectivity index (χ3v) is 5.90. The summed E-state index contributed by atoms with van der Waals surface area (Å²) in [6.07, 6.45) is 6.30. The van der Waals surface area contributed by atoms with E-state index in [2.05, 4.69) is 20.0 Å². The number of hydrogen-bond donors (Lipinski definition) is 0. The van der Waals surface area contributed by atoms with Crippen LogP contribution in [-0.4, -0.2) is 68.4 Å². The van der Waals surface area contributed by atoms with Crippen molar-refractivity contribution in [2.24, 2.45) is 0 Å². The summed E-state index contributed by atoms with van der Waals surface area (Å²) in [5.41, 5.74) is 0. The minimum Gasteiger partial charge on any atom is -0.355 e. The second-order valence-electron chi connectivity index (χ2n) is 6.30. The van der Waals surface area contributed by atoms with Gasteiger partial charge in [-0.25, -0.2) is 8.42 Å². The Balaban J connectivity index is 1.61. The Morgan fingerprint density at radius 2 is 1.26 bits per heavy atom. The molecule has 7 nitrogen and oxygen atoms in total. The van der Waals surface area contributed by atoms with Crippen molar-refractivity contribution in [2.45, 2.75) is 25.7 Å². The van der Waals surface area contributed by atoms with Crippen molar-refractivity contribution >= 4 is 21.7 Å². The van der Waals surface area contributed by atoms with Gasteiger partial charge in [-0.1, -0.05) is 12.8 Å². The quantitative estimate of drug-likeness (QED) is 0.816. The van der Waals surface area contributed by atoms with Gasteiger partial charge in [-0.3, -0.25) is 0 Å². The van der Waals surface area contributed by atoms with E-state index in [0.29, 0.717) is 26.2 Å². The zero-order valence-corrected chi connectivity index (χ0v) is 14.5. The highest BCUT2D eigenvalue weighted by Crippen LogP contribution is 2.20. The summed E-state index contributed by atoms with van der Waals surface area (Å²) >= 11 is 0. The van der Waals surface area contributed by atoms with E-state index in [9.17, 15) is 8.42 Å². The molecule has 2 fully saturated rings. The third kappa shape index (κ3) is 4.11. The fourth-order valence-electron chi connectivity index (χ4n) is 3.20. The van der Waals surface area contributed by atoms with E-state index in [0.717, 1.165) is 24.7 Å². The maximum absolute atomic E-state index is 11.6. The van der Waals surface area contributed by atoms with Crippen LogP contribution in [0.3, 0.4) is 0 Å². The first-order chi connectivity index (χ1) is 11.0. The number of piperazine rings is 1. The molecule has 0 aromatic carbocycles. The van der Waals surface area contributed by atoms with Gasteiger partial charge in [0.2, 0.25) is 10.0 Å². The lowest BCUT2D eigenvalue weighted by Gasteiger charge is -2.33. The van der Waals surface area contributed by atoms with Crippen LogP contribution in [0.5, 0.6) is 0 Å². The van der Waals surface area contributed by atoms with E-state index in [-0.39, 0.29) is 0 Å². The molecule has 0 amide bonds. The van der Waals surface area contributed by atoms with Crippen molar-refractivity contribution in [1.29, 1.82) is 0 Å². The van der Waals surface area contributed by atoms with Gasteiger partial charge >= 0.3 is 0 Å². The molecule has 1 aromatic heterocycles. The lowest BCUT2D eigenvalue weighted by atomic mass is 10.2. The van der Waals surface area contributed by atoms with Crippen molar-refractivity contribution in [1.82, 2.24) is 14.5 Å². The Morgan fingerprint density at radius 3 is 1.70 bits per heavy atom. The smallest absolute Gasteiger partial charge is 0.211 e.